The number of amides is 2. The molecule has 0 aliphatic heterocycles. The van der Waals surface area contributed by atoms with E-state index in [1.807, 2.05) is 4.57 Å². The lowest BCUT2D eigenvalue weighted by Crippen LogP contribution is -2.31. The van der Waals surface area contributed by atoms with E-state index >= 15 is 0 Å². The van der Waals surface area contributed by atoms with Crippen molar-refractivity contribution in [2.75, 3.05) is 11.9 Å². The molecule has 0 aliphatic rings. The summed E-state index contributed by atoms with van der Waals surface area (Å²) in [5.74, 6) is 0.00386. The first-order valence-corrected chi connectivity index (χ1v) is 7.46. The van der Waals surface area contributed by atoms with Gasteiger partial charge in [0.1, 0.15) is 5.75 Å². The van der Waals surface area contributed by atoms with Crippen LogP contribution in [-0.4, -0.2) is 33.7 Å². The molecule has 130 valence electrons. The zero-order valence-corrected chi connectivity index (χ0v) is 13.0. The van der Waals surface area contributed by atoms with Crippen LogP contribution >= 0.6 is 0 Å². The Hall–Kier alpha value is -3.23. The number of urea groups is 1. The number of ether oxygens (including phenoxy) is 1. The number of rotatable bonds is 6. The third kappa shape index (κ3) is 4.19. The molecule has 7 nitrogen and oxygen atoms in total. The van der Waals surface area contributed by atoms with Crippen molar-refractivity contribution in [1.82, 2.24) is 19.9 Å². The summed E-state index contributed by atoms with van der Waals surface area (Å²) in [6.45, 7) is -1.96. The topological polar surface area (TPSA) is 81.1 Å². The van der Waals surface area contributed by atoms with Crippen molar-refractivity contribution in [3.63, 3.8) is 0 Å². The first-order chi connectivity index (χ1) is 12.1. The van der Waals surface area contributed by atoms with Crippen molar-refractivity contribution in [2.45, 2.75) is 13.2 Å². The Morgan fingerprint density at radius 3 is 2.92 bits per heavy atom. The standard InChI is InChI=1S/C16H15F2N5O2/c17-15(18)25-13-4-3-12(14-11(13)2-1-5-20-14)22-16(24)21-7-9-23-8-6-19-10-23/h1-6,8,10,15H,7,9H2,(H2,21,22,24). The molecule has 0 saturated carbocycles. The van der Waals surface area contributed by atoms with Crippen molar-refractivity contribution in [3.05, 3.63) is 49.2 Å². The van der Waals surface area contributed by atoms with E-state index in [9.17, 15) is 13.6 Å². The Morgan fingerprint density at radius 1 is 1.28 bits per heavy atom. The highest BCUT2D eigenvalue weighted by molar-refractivity contribution is 6.01. The van der Waals surface area contributed by atoms with Crippen LogP contribution in [0.4, 0.5) is 19.3 Å². The molecule has 3 rings (SSSR count). The van der Waals surface area contributed by atoms with Crippen molar-refractivity contribution in [2.24, 2.45) is 0 Å². The van der Waals surface area contributed by atoms with Gasteiger partial charge in [0.05, 0.1) is 17.5 Å². The zero-order valence-electron chi connectivity index (χ0n) is 13.0. The highest BCUT2D eigenvalue weighted by Gasteiger charge is 2.13. The number of benzene rings is 1. The van der Waals surface area contributed by atoms with Crippen LogP contribution in [0.25, 0.3) is 10.9 Å². The summed E-state index contributed by atoms with van der Waals surface area (Å²) in [6.07, 6.45) is 6.61. The first kappa shape index (κ1) is 16.6. The second-order valence-corrected chi connectivity index (χ2v) is 5.07. The lowest BCUT2D eigenvalue weighted by atomic mass is 10.1. The monoisotopic (exact) mass is 347 g/mol. The molecule has 2 amide bonds. The molecule has 0 aliphatic carbocycles. The van der Waals surface area contributed by atoms with Crippen LogP contribution in [0.3, 0.4) is 0 Å². The normalized spacial score (nSPS) is 10.8. The summed E-state index contributed by atoms with van der Waals surface area (Å²) in [5.41, 5.74) is 0.766. The summed E-state index contributed by atoms with van der Waals surface area (Å²) in [4.78, 5) is 20.1. The summed E-state index contributed by atoms with van der Waals surface area (Å²) >= 11 is 0. The highest BCUT2D eigenvalue weighted by atomic mass is 19.3. The molecule has 0 atom stereocenters. The molecule has 0 unspecified atom stereocenters. The lowest BCUT2D eigenvalue weighted by molar-refractivity contribution is -0.0487. The number of anilines is 1. The second kappa shape index (κ2) is 7.56. The van der Waals surface area contributed by atoms with Crippen molar-refractivity contribution in [3.8, 4) is 5.75 Å². The predicted molar refractivity (Wildman–Crippen MR) is 87.6 cm³/mol. The van der Waals surface area contributed by atoms with Crippen LogP contribution in [0.2, 0.25) is 0 Å². The van der Waals surface area contributed by atoms with Crippen molar-refractivity contribution >= 4 is 22.6 Å². The van der Waals surface area contributed by atoms with Gasteiger partial charge in [-0.2, -0.15) is 8.78 Å². The molecule has 0 radical (unpaired) electrons. The van der Waals surface area contributed by atoms with Gasteiger partial charge in [0.15, 0.2) is 0 Å². The van der Waals surface area contributed by atoms with Crippen LogP contribution in [0, 0.1) is 0 Å². The molecule has 0 bridgehead atoms. The van der Waals surface area contributed by atoms with Gasteiger partial charge < -0.3 is 19.9 Å². The van der Waals surface area contributed by atoms with E-state index in [4.69, 9.17) is 0 Å². The van der Waals surface area contributed by atoms with Gasteiger partial charge in [-0.1, -0.05) is 0 Å². The fourth-order valence-electron chi connectivity index (χ4n) is 2.33. The Balaban J connectivity index is 1.69. The quantitative estimate of drug-likeness (QED) is 0.718. The van der Waals surface area contributed by atoms with Crippen LogP contribution < -0.4 is 15.4 Å². The van der Waals surface area contributed by atoms with Crippen LogP contribution in [-0.2, 0) is 6.54 Å². The molecular weight excluding hydrogens is 332 g/mol. The molecular formula is C16H15F2N5O2. The van der Waals surface area contributed by atoms with Gasteiger partial charge in [-0.25, -0.2) is 9.78 Å². The van der Waals surface area contributed by atoms with Crippen LogP contribution in [0.15, 0.2) is 49.2 Å². The third-order valence-electron chi connectivity index (χ3n) is 3.41. The van der Waals surface area contributed by atoms with Crippen molar-refractivity contribution < 1.29 is 18.3 Å². The number of carbonyl (C=O) groups is 1. The molecule has 2 aromatic heterocycles. The number of carbonyl (C=O) groups excluding carboxylic acids is 1. The van der Waals surface area contributed by atoms with E-state index in [0.29, 0.717) is 29.7 Å². The molecule has 1 aromatic carbocycles. The minimum atomic E-state index is -2.94. The number of pyridine rings is 1. The Morgan fingerprint density at radius 2 is 2.16 bits per heavy atom. The Labute approximate surface area is 141 Å². The third-order valence-corrected chi connectivity index (χ3v) is 3.41. The van der Waals surface area contributed by atoms with Crippen molar-refractivity contribution in [1.29, 1.82) is 0 Å². The van der Waals surface area contributed by atoms with Gasteiger partial charge in [-0.15, -0.1) is 0 Å². The average Bonchev–Trinajstić information content (AvgIpc) is 3.10. The van der Waals surface area contributed by atoms with Gasteiger partial charge >= 0.3 is 12.6 Å². The summed E-state index contributed by atoms with van der Waals surface area (Å²) in [7, 11) is 0. The number of fused-ring (bicyclic) bond motifs is 1. The van der Waals surface area contributed by atoms with E-state index in [-0.39, 0.29) is 5.75 Å². The van der Waals surface area contributed by atoms with Gasteiger partial charge in [0, 0.05) is 37.1 Å². The lowest BCUT2D eigenvalue weighted by Gasteiger charge is -2.12. The molecule has 0 fully saturated rings. The fraction of sp³-hybridized carbons (Fsp3) is 0.188. The zero-order chi connectivity index (χ0) is 17.6. The van der Waals surface area contributed by atoms with Gasteiger partial charge in [0.2, 0.25) is 0 Å². The van der Waals surface area contributed by atoms with Gasteiger partial charge in [-0.05, 0) is 24.3 Å². The van der Waals surface area contributed by atoms with E-state index < -0.39 is 12.6 Å². The molecule has 2 N–H and O–H groups in total. The van der Waals surface area contributed by atoms with E-state index in [1.165, 1.54) is 18.3 Å². The molecule has 3 aromatic rings. The summed E-state index contributed by atoms with van der Waals surface area (Å²) in [5, 5.41) is 5.76. The number of alkyl halides is 2. The number of nitrogens with one attached hydrogen (secondary N) is 2. The maximum Gasteiger partial charge on any atom is 0.387 e. The largest absolute Gasteiger partial charge is 0.434 e. The van der Waals surface area contributed by atoms with E-state index in [2.05, 4.69) is 25.3 Å². The van der Waals surface area contributed by atoms with E-state index in [1.54, 1.807) is 30.9 Å². The molecule has 25 heavy (non-hydrogen) atoms. The number of hydrogen-bond donors (Lipinski definition) is 2. The number of imidazole rings is 1. The first-order valence-electron chi connectivity index (χ1n) is 7.46. The number of halogens is 2. The second-order valence-electron chi connectivity index (χ2n) is 5.07. The molecule has 0 spiro atoms. The number of nitrogens with zero attached hydrogens (tertiary/aromatic N) is 3. The van der Waals surface area contributed by atoms with Gasteiger partial charge in [0.25, 0.3) is 0 Å². The maximum absolute atomic E-state index is 12.5. The fourth-order valence-corrected chi connectivity index (χ4v) is 2.33. The van der Waals surface area contributed by atoms with Gasteiger partial charge in [-0.3, -0.25) is 4.98 Å². The number of hydrogen-bond acceptors (Lipinski definition) is 4. The van der Waals surface area contributed by atoms with Crippen LogP contribution in [0.1, 0.15) is 0 Å². The SMILES string of the molecule is O=C(NCCn1ccnc1)Nc1ccc(OC(F)F)c2cccnc12. The predicted octanol–water partition coefficient (Wildman–Crippen LogP) is 2.85. The molecule has 9 heteroatoms. The van der Waals surface area contributed by atoms with E-state index in [0.717, 1.165) is 0 Å². The minimum absolute atomic E-state index is 0.00386. The maximum atomic E-state index is 12.5. The average molecular weight is 347 g/mol. The smallest absolute Gasteiger partial charge is 0.387 e. The molecule has 0 saturated heterocycles. The Kier molecular flexibility index (Phi) is 5.03. The van der Waals surface area contributed by atoms with Crippen LogP contribution in [0.5, 0.6) is 5.75 Å². The molecule has 2 heterocycles. The summed E-state index contributed by atoms with van der Waals surface area (Å²) < 4.78 is 31.3. The number of aromatic nitrogens is 3. The summed E-state index contributed by atoms with van der Waals surface area (Å²) in [6, 6.07) is 5.63. The Bertz CT molecular complexity index is 855. The minimum Gasteiger partial charge on any atom is -0.434 e. The highest BCUT2D eigenvalue weighted by Crippen LogP contribution is 2.30.